The summed E-state index contributed by atoms with van der Waals surface area (Å²) in [6, 6.07) is 3.94. The Labute approximate surface area is 120 Å². The van der Waals surface area contributed by atoms with Crippen molar-refractivity contribution in [2.45, 2.75) is 44.3 Å². The van der Waals surface area contributed by atoms with Crippen LogP contribution < -0.4 is 0 Å². The molecule has 2 aliphatic rings. The molecule has 2 fully saturated rings. The van der Waals surface area contributed by atoms with Gasteiger partial charge in [0, 0.05) is 26.0 Å². The predicted octanol–water partition coefficient (Wildman–Crippen LogP) is 2.40. The largest absolute Gasteiger partial charge is 0.387 e. The zero-order chi connectivity index (χ0) is 14.0. The molecule has 0 amide bonds. The van der Waals surface area contributed by atoms with Gasteiger partial charge in [0.25, 0.3) is 0 Å². The van der Waals surface area contributed by atoms with Crippen LogP contribution in [-0.2, 0) is 9.47 Å². The fourth-order valence-electron chi connectivity index (χ4n) is 3.39. The Morgan fingerprint density at radius 2 is 2.15 bits per heavy atom. The molecule has 3 heterocycles. The quantitative estimate of drug-likeness (QED) is 0.902. The summed E-state index contributed by atoms with van der Waals surface area (Å²) in [6.45, 7) is 4.30. The maximum absolute atomic E-state index is 10.6. The van der Waals surface area contributed by atoms with E-state index in [1.165, 1.54) is 0 Å². The third-order valence-electron chi connectivity index (χ3n) is 4.62. The second kappa shape index (κ2) is 5.80. The summed E-state index contributed by atoms with van der Waals surface area (Å²) in [6.07, 6.45) is 4.98. The van der Waals surface area contributed by atoms with Crippen molar-refractivity contribution in [1.29, 1.82) is 0 Å². The molecular formula is C16H23NO3. The molecule has 1 aromatic rings. The van der Waals surface area contributed by atoms with Crippen molar-refractivity contribution < 1.29 is 14.6 Å². The van der Waals surface area contributed by atoms with E-state index in [1.54, 1.807) is 6.20 Å². The molecule has 4 nitrogen and oxygen atoms in total. The minimum atomic E-state index is -0.487. The SMILES string of the molecule is Cc1ccnc(C(O)C2CCOC3(CCOCC3)C2)c1. The molecule has 0 bridgehead atoms. The number of ether oxygens (including phenoxy) is 2. The van der Waals surface area contributed by atoms with E-state index in [9.17, 15) is 5.11 Å². The van der Waals surface area contributed by atoms with Crippen LogP contribution in [0.3, 0.4) is 0 Å². The third kappa shape index (κ3) is 2.87. The van der Waals surface area contributed by atoms with Crippen LogP contribution in [0, 0.1) is 12.8 Å². The van der Waals surface area contributed by atoms with Gasteiger partial charge in [-0.15, -0.1) is 0 Å². The lowest BCUT2D eigenvalue weighted by Crippen LogP contribution is -2.45. The highest BCUT2D eigenvalue weighted by Crippen LogP contribution is 2.41. The van der Waals surface area contributed by atoms with E-state index in [4.69, 9.17) is 9.47 Å². The first kappa shape index (κ1) is 14.0. The first-order valence-corrected chi connectivity index (χ1v) is 7.51. The van der Waals surface area contributed by atoms with Crippen LogP contribution in [0.25, 0.3) is 0 Å². The van der Waals surface area contributed by atoms with E-state index in [1.807, 2.05) is 19.1 Å². The van der Waals surface area contributed by atoms with Crippen LogP contribution in [0.4, 0.5) is 0 Å². The summed E-state index contributed by atoms with van der Waals surface area (Å²) in [5, 5.41) is 10.6. The smallest absolute Gasteiger partial charge is 0.0989 e. The van der Waals surface area contributed by atoms with Crippen LogP contribution >= 0.6 is 0 Å². The molecule has 2 unspecified atom stereocenters. The van der Waals surface area contributed by atoms with Gasteiger partial charge in [0.15, 0.2) is 0 Å². The van der Waals surface area contributed by atoms with Crippen molar-refractivity contribution in [3.05, 3.63) is 29.6 Å². The topological polar surface area (TPSA) is 51.6 Å². The Morgan fingerprint density at radius 3 is 2.90 bits per heavy atom. The van der Waals surface area contributed by atoms with Crippen LogP contribution in [0.1, 0.15) is 43.0 Å². The number of aromatic nitrogens is 1. The van der Waals surface area contributed by atoms with Crippen LogP contribution in [-0.4, -0.2) is 35.5 Å². The second-order valence-electron chi connectivity index (χ2n) is 6.10. The van der Waals surface area contributed by atoms with Gasteiger partial charge in [0.05, 0.1) is 17.4 Å². The van der Waals surface area contributed by atoms with E-state index >= 15 is 0 Å². The minimum Gasteiger partial charge on any atom is -0.387 e. The Balaban J connectivity index is 1.73. The fraction of sp³-hybridized carbons (Fsp3) is 0.688. The molecule has 2 aliphatic heterocycles. The van der Waals surface area contributed by atoms with Crippen molar-refractivity contribution in [3.8, 4) is 0 Å². The van der Waals surface area contributed by atoms with Crippen molar-refractivity contribution >= 4 is 0 Å². The highest BCUT2D eigenvalue weighted by molar-refractivity contribution is 5.17. The Hall–Kier alpha value is -0.970. The molecule has 1 spiro atoms. The van der Waals surface area contributed by atoms with E-state index in [0.717, 1.165) is 56.8 Å². The lowest BCUT2D eigenvalue weighted by Gasteiger charge is -2.44. The Kier molecular flexibility index (Phi) is 4.06. The summed E-state index contributed by atoms with van der Waals surface area (Å²) < 4.78 is 11.5. The van der Waals surface area contributed by atoms with Gasteiger partial charge < -0.3 is 14.6 Å². The maximum atomic E-state index is 10.6. The number of aliphatic hydroxyl groups is 1. The summed E-state index contributed by atoms with van der Waals surface area (Å²) in [5.41, 5.74) is 1.85. The number of nitrogens with zero attached hydrogens (tertiary/aromatic N) is 1. The number of hydrogen-bond donors (Lipinski definition) is 1. The van der Waals surface area contributed by atoms with Crippen molar-refractivity contribution in [3.63, 3.8) is 0 Å². The monoisotopic (exact) mass is 277 g/mol. The first-order chi connectivity index (χ1) is 9.69. The molecule has 3 rings (SSSR count). The molecule has 0 aromatic carbocycles. The molecule has 1 aromatic heterocycles. The highest BCUT2D eigenvalue weighted by Gasteiger charge is 2.41. The Morgan fingerprint density at radius 1 is 1.35 bits per heavy atom. The molecule has 110 valence electrons. The van der Waals surface area contributed by atoms with Crippen molar-refractivity contribution in [2.75, 3.05) is 19.8 Å². The van der Waals surface area contributed by atoms with E-state index < -0.39 is 6.10 Å². The van der Waals surface area contributed by atoms with Gasteiger partial charge in [-0.2, -0.15) is 0 Å². The lowest BCUT2D eigenvalue weighted by molar-refractivity contribution is -0.159. The van der Waals surface area contributed by atoms with E-state index in [0.29, 0.717) is 0 Å². The molecule has 0 aliphatic carbocycles. The molecule has 20 heavy (non-hydrogen) atoms. The number of aliphatic hydroxyl groups excluding tert-OH is 1. The summed E-state index contributed by atoms with van der Waals surface area (Å²) in [7, 11) is 0. The fourth-order valence-corrected chi connectivity index (χ4v) is 3.39. The number of hydrogen-bond acceptors (Lipinski definition) is 4. The lowest BCUT2D eigenvalue weighted by atomic mass is 9.78. The Bertz CT molecular complexity index is 451. The number of rotatable bonds is 2. The molecule has 2 atom stereocenters. The minimum absolute atomic E-state index is 0.0774. The van der Waals surface area contributed by atoms with Gasteiger partial charge >= 0.3 is 0 Å². The van der Waals surface area contributed by atoms with E-state index in [-0.39, 0.29) is 11.5 Å². The maximum Gasteiger partial charge on any atom is 0.0989 e. The predicted molar refractivity (Wildman–Crippen MR) is 75.4 cm³/mol. The standard InChI is InChI=1S/C16H23NO3/c1-12-2-6-17-14(10-12)15(18)13-3-7-20-16(11-13)4-8-19-9-5-16/h2,6,10,13,15,18H,3-5,7-9,11H2,1H3. The van der Waals surface area contributed by atoms with Gasteiger partial charge in [-0.3, -0.25) is 4.98 Å². The number of pyridine rings is 1. The van der Waals surface area contributed by atoms with Gasteiger partial charge in [-0.05, 0) is 56.2 Å². The van der Waals surface area contributed by atoms with E-state index in [2.05, 4.69) is 4.98 Å². The summed E-state index contributed by atoms with van der Waals surface area (Å²) in [5.74, 6) is 0.233. The average Bonchev–Trinajstić information content (AvgIpc) is 2.47. The number of aryl methyl sites for hydroxylation is 1. The third-order valence-corrected chi connectivity index (χ3v) is 4.62. The molecule has 4 heteroatoms. The molecule has 1 N–H and O–H groups in total. The summed E-state index contributed by atoms with van der Waals surface area (Å²) in [4.78, 5) is 4.33. The zero-order valence-corrected chi connectivity index (χ0v) is 12.0. The first-order valence-electron chi connectivity index (χ1n) is 7.51. The highest BCUT2D eigenvalue weighted by atomic mass is 16.5. The average molecular weight is 277 g/mol. The van der Waals surface area contributed by atoms with Gasteiger partial charge in [0.2, 0.25) is 0 Å². The molecule has 2 saturated heterocycles. The normalized spacial score (nSPS) is 27.4. The van der Waals surface area contributed by atoms with Gasteiger partial charge in [-0.1, -0.05) is 0 Å². The van der Waals surface area contributed by atoms with Crippen LogP contribution in [0.2, 0.25) is 0 Å². The van der Waals surface area contributed by atoms with Crippen molar-refractivity contribution in [2.24, 2.45) is 5.92 Å². The van der Waals surface area contributed by atoms with Crippen molar-refractivity contribution in [1.82, 2.24) is 4.98 Å². The zero-order valence-electron chi connectivity index (χ0n) is 12.0. The van der Waals surface area contributed by atoms with Gasteiger partial charge in [-0.25, -0.2) is 0 Å². The second-order valence-corrected chi connectivity index (χ2v) is 6.10. The molecule has 0 radical (unpaired) electrons. The molecular weight excluding hydrogens is 254 g/mol. The van der Waals surface area contributed by atoms with Crippen LogP contribution in [0.5, 0.6) is 0 Å². The van der Waals surface area contributed by atoms with Gasteiger partial charge in [0.1, 0.15) is 0 Å². The molecule has 0 saturated carbocycles. The summed E-state index contributed by atoms with van der Waals surface area (Å²) >= 11 is 0. The van der Waals surface area contributed by atoms with Crippen LogP contribution in [0.15, 0.2) is 18.3 Å².